The van der Waals surface area contributed by atoms with E-state index >= 15 is 0 Å². The van der Waals surface area contributed by atoms with Crippen LogP contribution >= 0.6 is 11.6 Å². The van der Waals surface area contributed by atoms with E-state index in [1.165, 1.54) is 18.2 Å². The molecule has 4 nitrogen and oxygen atoms in total. The summed E-state index contributed by atoms with van der Waals surface area (Å²) in [5, 5.41) is 9.01. The minimum Gasteiger partial charge on any atom is -0.208 e. The molecule has 0 saturated heterocycles. The largest absolute Gasteiger partial charge is 0.242 e. The lowest BCUT2D eigenvalue weighted by Gasteiger charge is -2.20. The molecule has 0 radical (unpaired) electrons. The van der Waals surface area contributed by atoms with E-state index in [-0.39, 0.29) is 21.5 Å². The SMILES string of the molecule is CC1CCC(NS(=O)(=O)c2cc(C#N)ccc2Cl)C1C. The van der Waals surface area contributed by atoms with Crippen molar-refractivity contribution in [1.82, 2.24) is 4.72 Å². The van der Waals surface area contributed by atoms with Crippen molar-refractivity contribution in [3.63, 3.8) is 0 Å². The van der Waals surface area contributed by atoms with Gasteiger partial charge in [0, 0.05) is 6.04 Å². The van der Waals surface area contributed by atoms with Crippen LogP contribution in [0, 0.1) is 23.2 Å². The molecule has 1 saturated carbocycles. The van der Waals surface area contributed by atoms with Gasteiger partial charge in [-0.05, 0) is 42.9 Å². The van der Waals surface area contributed by atoms with Gasteiger partial charge in [-0.2, -0.15) is 5.26 Å². The summed E-state index contributed by atoms with van der Waals surface area (Å²) >= 11 is 5.96. The Hall–Kier alpha value is -1.09. The average molecular weight is 313 g/mol. The molecule has 1 aliphatic rings. The Morgan fingerprint density at radius 1 is 1.35 bits per heavy atom. The van der Waals surface area contributed by atoms with Gasteiger partial charge in [-0.1, -0.05) is 25.4 Å². The standard InChI is InChI=1S/C14H17ClN2O2S/c1-9-3-6-13(10(9)2)17-20(18,19)14-7-11(8-16)4-5-12(14)15/h4-5,7,9-10,13,17H,3,6H2,1-2H3. The number of benzene rings is 1. The molecule has 0 heterocycles. The monoisotopic (exact) mass is 312 g/mol. The maximum Gasteiger partial charge on any atom is 0.242 e. The highest BCUT2D eigenvalue weighted by Crippen LogP contribution is 2.32. The second-order valence-electron chi connectivity index (χ2n) is 5.40. The van der Waals surface area contributed by atoms with Crippen LogP contribution < -0.4 is 4.72 Å². The first-order valence-corrected chi connectivity index (χ1v) is 8.43. The summed E-state index contributed by atoms with van der Waals surface area (Å²) in [7, 11) is -3.70. The van der Waals surface area contributed by atoms with Gasteiger partial charge in [-0.3, -0.25) is 0 Å². The first kappa shape index (κ1) is 15.3. The molecular weight excluding hydrogens is 296 g/mol. The zero-order valence-corrected chi connectivity index (χ0v) is 13.0. The quantitative estimate of drug-likeness (QED) is 0.933. The molecule has 0 bridgehead atoms. The van der Waals surface area contributed by atoms with Gasteiger partial charge in [0.2, 0.25) is 10.0 Å². The van der Waals surface area contributed by atoms with E-state index in [0.29, 0.717) is 11.8 Å². The lowest BCUT2D eigenvalue weighted by atomic mass is 9.98. The fourth-order valence-electron chi connectivity index (χ4n) is 2.57. The Labute approximate surface area is 124 Å². The minimum absolute atomic E-state index is 0.0232. The number of halogens is 1. The normalized spacial score (nSPS) is 26.4. The van der Waals surface area contributed by atoms with E-state index in [2.05, 4.69) is 18.6 Å². The third-order valence-electron chi connectivity index (χ3n) is 4.12. The van der Waals surface area contributed by atoms with E-state index < -0.39 is 10.0 Å². The van der Waals surface area contributed by atoms with E-state index in [9.17, 15) is 8.42 Å². The summed E-state index contributed by atoms with van der Waals surface area (Å²) in [6, 6.07) is 6.11. The molecule has 3 atom stereocenters. The molecule has 0 aliphatic heterocycles. The lowest BCUT2D eigenvalue weighted by Crippen LogP contribution is -2.37. The van der Waals surface area contributed by atoms with Gasteiger partial charge in [0.1, 0.15) is 4.90 Å². The van der Waals surface area contributed by atoms with Gasteiger partial charge in [0.25, 0.3) is 0 Å². The van der Waals surface area contributed by atoms with Crippen molar-refractivity contribution in [2.24, 2.45) is 11.8 Å². The Kier molecular flexibility index (Phi) is 4.38. The number of nitrogens with one attached hydrogen (secondary N) is 1. The Morgan fingerprint density at radius 3 is 2.60 bits per heavy atom. The Morgan fingerprint density at radius 2 is 2.05 bits per heavy atom. The summed E-state index contributed by atoms with van der Waals surface area (Å²) in [5.74, 6) is 0.798. The van der Waals surface area contributed by atoms with E-state index in [1.807, 2.05) is 6.07 Å². The third-order valence-corrected chi connectivity index (χ3v) is 6.09. The first-order valence-electron chi connectivity index (χ1n) is 6.57. The van der Waals surface area contributed by atoms with Crippen molar-refractivity contribution in [3.8, 4) is 6.07 Å². The predicted octanol–water partition coefficient (Wildman–Crippen LogP) is 2.92. The smallest absolute Gasteiger partial charge is 0.208 e. The van der Waals surface area contributed by atoms with Crippen LogP contribution in [0.15, 0.2) is 23.1 Å². The lowest BCUT2D eigenvalue weighted by molar-refractivity contribution is 0.402. The van der Waals surface area contributed by atoms with Gasteiger partial charge in [0.15, 0.2) is 0 Å². The van der Waals surface area contributed by atoms with Gasteiger partial charge < -0.3 is 0 Å². The van der Waals surface area contributed by atoms with Crippen molar-refractivity contribution < 1.29 is 8.42 Å². The molecule has 108 valence electrons. The molecular formula is C14H17ClN2O2S. The number of nitrogens with zero attached hydrogens (tertiary/aromatic N) is 1. The molecule has 3 unspecified atom stereocenters. The minimum atomic E-state index is -3.70. The molecule has 1 N–H and O–H groups in total. The van der Waals surface area contributed by atoms with Crippen LogP contribution in [0.4, 0.5) is 0 Å². The topological polar surface area (TPSA) is 70.0 Å². The maximum atomic E-state index is 12.4. The second kappa shape index (κ2) is 5.72. The van der Waals surface area contributed by atoms with Gasteiger partial charge in [-0.15, -0.1) is 0 Å². The fraction of sp³-hybridized carbons (Fsp3) is 0.500. The summed E-state index contributed by atoms with van der Waals surface area (Å²) in [6.45, 7) is 4.18. The number of sulfonamides is 1. The van der Waals surface area contributed by atoms with Crippen molar-refractivity contribution in [1.29, 1.82) is 5.26 Å². The average Bonchev–Trinajstić information content (AvgIpc) is 2.70. The van der Waals surface area contributed by atoms with E-state index in [0.717, 1.165) is 12.8 Å². The molecule has 0 aromatic heterocycles. The Balaban J connectivity index is 2.30. The van der Waals surface area contributed by atoms with Crippen molar-refractivity contribution in [3.05, 3.63) is 28.8 Å². The highest BCUT2D eigenvalue weighted by Gasteiger charge is 2.33. The van der Waals surface area contributed by atoms with Crippen LogP contribution in [0.3, 0.4) is 0 Å². The summed E-state index contributed by atoms with van der Waals surface area (Å²) < 4.78 is 27.6. The van der Waals surface area contributed by atoms with Gasteiger partial charge >= 0.3 is 0 Å². The first-order chi connectivity index (χ1) is 9.35. The molecule has 2 rings (SSSR count). The highest BCUT2D eigenvalue weighted by molar-refractivity contribution is 7.89. The van der Waals surface area contributed by atoms with Crippen LogP contribution in [0.25, 0.3) is 0 Å². The van der Waals surface area contributed by atoms with Crippen LogP contribution in [0.2, 0.25) is 5.02 Å². The number of hydrogen-bond donors (Lipinski definition) is 1. The number of rotatable bonds is 3. The molecule has 0 amide bonds. The Bertz CT molecular complexity index is 652. The molecule has 1 aromatic rings. The molecule has 6 heteroatoms. The zero-order chi connectivity index (χ0) is 14.9. The van der Waals surface area contributed by atoms with Gasteiger partial charge in [-0.25, -0.2) is 13.1 Å². The fourth-order valence-corrected chi connectivity index (χ4v) is 4.46. The second-order valence-corrected chi connectivity index (χ2v) is 7.49. The summed E-state index contributed by atoms with van der Waals surface area (Å²) in [5.41, 5.74) is 0.280. The number of hydrogen-bond acceptors (Lipinski definition) is 3. The van der Waals surface area contributed by atoms with Crippen molar-refractivity contribution >= 4 is 21.6 Å². The van der Waals surface area contributed by atoms with Crippen LogP contribution in [0.5, 0.6) is 0 Å². The molecule has 1 aliphatic carbocycles. The van der Waals surface area contributed by atoms with E-state index in [1.54, 1.807) is 0 Å². The maximum absolute atomic E-state index is 12.4. The zero-order valence-electron chi connectivity index (χ0n) is 11.4. The van der Waals surface area contributed by atoms with Crippen LogP contribution in [0.1, 0.15) is 32.3 Å². The van der Waals surface area contributed by atoms with Crippen molar-refractivity contribution in [2.75, 3.05) is 0 Å². The highest BCUT2D eigenvalue weighted by atomic mass is 35.5. The summed E-state index contributed by atoms with van der Waals surface area (Å²) in [6.07, 6.45) is 1.84. The number of nitriles is 1. The molecule has 20 heavy (non-hydrogen) atoms. The van der Waals surface area contributed by atoms with E-state index in [4.69, 9.17) is 16.9 Å². The molecule has 1 aromatic carbocycles. The summed E-state index contributed by atoms with van der Waals surface area (Å²) in [4.78, 5) is -0.0232. The van der Waals surface area contributed by atoms with Crippen molar-refractivity contribution in [2.45, 2.75) is 37.6 Å². The van der Waals surface area contributed by atoms with Crippen LogP contribution in [-0.4, -0.2) is 14.5 Å². The molecule has 0 spiro atoms. The molecule has 1 fully saturated rings. The van der Waals surface area contributed by atoms with Gasteiger partial charge in [0.05, 0.1) is 16.7 Å². The predicted molar refractivity (Wildman–Crippen MR) is 77.8 cm³/mol. The van der Waals surface area contributed by atoms with Crippen LogP contribution in [-0.2, 0) is 10.0 Å². The third kappa shape index (κ3) is 2.98.